The molecule has 0 aliphatic carbocycles. The first-order valence-electron chi connectivity index (χ1n) is 11.2. The maximum absolute atomic E-state index is 12.5. The number of rotatable bonds is 6. The minimum atomic E-state index is -1.51. The molecule has 1 amide bonds. The van der Waals surface area contributed by atoms with Crippen molar-refractivity contribution in [3.8, 4) is 0 Å². The molecule has 4 heterocycles. The van der Waals surface area contributed by atoms with Crippen LogP contribution < -0.4 is 5.32 Å². The number of carbonyl (C=O) groups excluding carboxylic acids is 1. The maximum atomic E-state index is 12.5. The largest absolute Gasteiger partial charge is 0.388 e. The Labute approximate surface area is 203 Å². The fourth-order valence-corrected chi connectivity index (χ4v) is 4.11. The molecule has 36 heavy (non-hydrogen) atoms. The Kier molecular flexibility index (Phi) is 6.92. The molecule has 0 saturated carbocycles. The zero-order valence-electron chi connectivity index (χ0n) is 18.7. The maximum Gasteiger partial charge on any atom is 0.256 e. The van der Waals surface area contributed by atoms with E-state index in [1.54, 1.807) is 30.3 Å². The third-order valence-corrected chi connectivity index (χ3v) is 6.12. The Morgan fingerprint density at radius 2 is 1.81 bits per heavy atom. The number of anilines is 1. The lowest BCUT2D eigenvalue weighted by atomic mass is 10.1. The molecule has 0 radical (unpaired) electrons. The fraction of sp³-hybridized carbons (Fsp3) is 0.455. The van der Waals surface area contributed by atoms with E-state index >= 15 is 0 Å². The summed E-state index contributed by atoms with van der Waals surface area (Å²) in [5.41, 5.74) is 0.922. The molecule has 1 aromatic carbocycles. The zero-order valence-corrected chi connectivity index (χ0v) is 18.7. The van der Waals surface area contributed by atoms with Crippen molar-refractivity contribution in [2.24, 2.45) is 0 Å². The van der Waals surface area contributed by atoms with Gasteiger partial charge in [0.25, 0.3) is 5.91 Å². The molecule has 0 bridgehead atoms. The number of fused-ring (bicyclic) bond motifs is 1. The Morgan fingerprint density at radius 1 is 1.03 bits per heavy atom. The number of imidazole rings is 1. The van der Waals surface area contributed by atoms with Crippen molar-refractivity contribution in [1.82, 2.24) is 19.5 Å². The van der Waals surface area contributed by atoms with Crippen molar-refractivity contribution in [1.29, 1.82) is 0 Å². The third kappa shape index (κ3) is 4.56. The van der Waals surface area contributed by atoms with Crippen LogP contribution in [0.1, 0.15) is 16.6 Å². The number of hydrogen-bond donors (Lipinski definition) is 6. The van der Waals surface area contributed by atoms with E-state index < -0.39 is 49.1 Å². The van der Waals surface area contributed by atoms with E-state index in [2.05, 4.69) is 20.3 Å². The Morgan fingerprint density at radius 3 is 2.58 bits per heavy atom. The van der Waals surface area contributed by atoms with Gasteiger partial charge in [0, 0.05) is 5.56 Å². The van der Waals surface area contributed by atoms with Crippen LogP contribution in [0.2, 0.25) is 0 Å². The summed E-state index contributed by atoms with van der Waals surface area (Å²) in [4.78, 5) is 25.1. The summed E-state index contributed by atoms with van der Waals surface area (Å²) in [6.07, 6.45) is -7.80. The minimum Gasteiger partial charge on any atom is -0.388 e. The van der Waals surface area contributed by atoms with Crippen molar-refractivity contribution in [3.63, 3.8) is 0 Å². The third-order valence-electron chi connectivity index (χ3n) is 6.12. The lowest BCUT2D eigenvalue weighted by Crippen LogP contribution is -2.54. The predicted molar refractivity (Wildman–Crippen MR) is 119 cm³/mol. The molecule has 192 valence electrons. The average Bonchev–Trinajstić information content (AvgIpc) is 3.44. The summed E-state index contributed by atoms with van der Waals surface area (Å²) in [6, 6.07) is 8.56. The number of benzene rings is 1. The Bertz CT molecular complexity index is 1210. The van der Waals surface area contributed by atoms with Crippen LogP contribution in [0.4, 0.5) is 5.82 Å². The molecule has 14 nitrogen and oxygen atoms in total. The van der Waals surface area contributed by atoms with Crippen LogP contribution in [-0.4, -0.2) is 107 Å². The number of amides is 1. The van der Waals surface area contributed by atoms with E-state index in [1.165, 1.54) is 17.2 Å². The monoisotopic (exact) mass is 503 g/mol. The fourth-order valence-electron chi connectivity index (χ4n) is 4.11. The summed E-state index contributed by atoms with van der Waals surface area (Å²) >= 11 is 0. The number of aromatic nitrogens is 4. The van der Waals surface area contributed by atoms with Gasteiger partial charge in [0.15, 0.2) is 29.5 Å². The van der Waals surface area contributed by atoms with Crippen LogP contribution in [0.25, 0.3) is 11.2 Å². The van der Waals surface area contributed by atoms with E-state index in [4.69, 9.17) is 14.2 Å². The van der Waals surface area contributed by atoms with Crippen LogP contribution in [-0.2, 0) is 14.2 Å². The molecular formula is C22H25N5O9. The molecule has 2 aliphatic rings. The summed E-state index contributed by atoms with van der Waals surface area (Å²) in [6.45, 7) is -0.536. The van der Waals surface area contributed by atoms with E-state index in [0.29, 0.717) is 5.56 Å². The smallest absolute Gasteiger partial charge is 0.256 e. The lowest BCUT2D eigenvalue weighted by Gasteiger charge is -2.35. The predicted octanol–water partition coefficient (Wildman–Crippen LogP) is -1.85. The van der Waals surface area contributed by atoms with Gasteiger partial charge in [-0.2, -0.15) is 0 Å². The molecule has 2 fully saturated rings. The molecule has 3 aromatic rings. The molecule has 14 heteroatoms. The molecule has 2 aromatic heterocycles. The van der Waals surface area contributed by atoms with Crippen molar-refractivity contribution >= 4 is 22.9 Å². The number of nitrogens with one attached hydrogen (secondary N) is 1. The van der Waals surface area contributed by atoms with Crippen LogP contribution in [0.15, 0.2) is 43.0 Å². The molecule has 8 atom stereocenters. The van der Waals surface area contributed by atoms with Gasteiger partial charge in [0.2, 0.25) is 0 Å². The zero-order chi connectivity index (χ0) is 25.4. The highest BCUT2D eigenvalue weighted by molar-refractivity contribution is 6.06. The van der Waals surface area contributed by atoms with Crippen LogP contribution >= 0.6 is 0 Å². The summed E-state index contributed by atoms with van der Waals surface area (Å²) in [5, 5.41) is 53.2. The number of ether oxygens (including phenoxy) is 3. The molecule has 5 rings (SSSR count). The van der Waals surface area contributed by atoms with Gasteiger partial charge in [0.1, 0.15) is 43.0 Å². The number of aliphatic hydroxyl groups is 5. The van der Waals surface area contributed by atoms with Crippen molar-refractivity contribution in [2.75, 3.05) is 18.5 Å². The highest BCUT2D eigenvalue weighted by Crippen LogP contribution is 2.33. The van der Waals surface area contributed by atoms with E-state index in [0.717, 1.165) is 0 Å². The van der Waals surface area contributed by atoms with Gasteiger partial charge >= 0.3 is 0 Å². The van der Waals surface area contributed by atoms with Crippen molar-refractivity contribution < 1.29 is 44.5 Å². The second-order valence-electron chi connectivity index (χ2n) is 8.50. The van der Waals surface area contributed by atoms with Crippen LogP contribution in [0.3, 0.4) is 0 Å². The van der Waals surface area contributed by atoms with Gasteiger partial charge < -0.3 is 45.1 Å². The average molecular weight is 503 g/mol. The van der Waals surface area contributed by atoms with Gasteiger partial charge in [0.05, 0.1) is 19.5 Å². The van der Waals surface area contributed by atoms with Crippen molar-refractivity contribution in [2.45, 2.75) is 49.1 Å². The van der Waals surface area contributed by atoms with E-state index in [9.17, 15) is 30.3 Å². The van der Waals surface area contributed by atoms with Gasteiger partial charge in [-0.05, 0) is 12.1 Å². The lowest BCUT2D eigenvalue weighted by molar-refractivity contribution is -0.276. The summed E-state index contributed by atoms with van der Waals surface area (Å²) < 4.78 is 17.8. The SMILES string of the molecule is O=C(Nc1ncnc2c1ncn2[C@@H]1O[C@H](COC2OC[C@@H](O)[C@@H](O)[C@H]2O)[C@@H](O)[C@H]1O)c1ccccc1. The first kappa shape index (κ1) is 24.6. The van der Waals surface area contributed by atoms with E-state index in [1.807, 2.05) is 0 Å². The first-order valence-corrected chi connectivity index (χ1v) is 11.2. The van der Waals surface area contributed by atoms with Crippen LogP contribution in [0.5, 0.6) is 0 Å². The molecule has 1 unspecified atom stereocenters. The van der Waals surface area contributed by atoms with Crippen LogP contribution in [0, 0.1) is 0 Å². The van der Waals surface area contributed by atoms with Gasteiger partial charge in [-0.3, -0.25) is 9.36 Å². The number of hydrogen-bond acceptors (Lipinski definition) is 12. The summed E-state index contributed by atoms with van der Waals surface area (Å²) in [7, 11) is 0. The molecule has 0 spiro atoms. The number of nitrogens with zero attached hydrogens (tertiary/aromatic N) is 4. The van der Waals surface area contributed by atoms with Crippen molar-refractivity contribution in [3.05, 3.63) is 48.5 Å². The highest BCUT2D eigenvalue weighted by Gasteiger charge is 2.46. The standard InChI is InChI=1S/C22H25N5O9/c28-11-6-34-22(17(32)14(11)29)35-7-12-15(30)16(31)21(36-12)27-9-25-13-18(23-8-24-19(13)27)26-20(33)10-4-2-1-3-5-10/h1-5,8-9,11-12,14-17,21-22,28-32H,6-7H2,(H,23,24,26,33)/t11-,12-,14-,15-,16-,17-,21-,22?/m1/s1. The second-order valence-corrected chi connectivity index (χ2v) is 8.50. The van der Waals surface area contributed by atoms with E-state index in [-0.39, 0.29) is 36.1 Å². The van der Waals surface area contributed by atoms with Gasteiger partial charge in [-0.15, -0.1) is 0 Å². The first-order chi connectivity index (χ1) is 17.3. The Hall–Kier alpha value is -3.08. The number of aliphatic hydroxyl groups excluding tert-OH is 5. The molecular weight excluding hydrogens is 478 g/mol. The quantitative estimate of drug-likeness (QED) is 0.220. The normalized spacial score (nSPS) is 32.6. The molecule has 6 N–H and O–H groups in total. The topological polar surface area (TPSA) is 202 Å². The Balaban J connectivity index is 1.30. The molecule has 2 aliphatic heterocycles. The summed E-state index contributed by atoms with van der Waals surface area (Å²) in [5.74, 6) is -0.232. The molecule has 2 saturated heterocycles. The highest BCUT2D eigenvalue weighted by atomic mass is 16.7. The number of carbonyl (C=O) groups is 1. The van der Waals surface area contributed by atoms with Gasteiger partial charge in [-0.1, -0.05) is 18.2 Å². The minimum absolute atomic E-state index is 0.157. The second kappa shape index (κ2) is 10.1. The van der Waals surface area contributed by atoms with Gasteiger partial charge in [-0.25, -0.2) is 15.0 Å².